The van der Waals surface area contributed by atoms with Gasteiger partial charge in [-0.25, -0.2) is 0 Å². The molecular formula is C13H26O2. The Bertz CT molecular complexity index is 166. The number of unbranched alkanes of at least 4 members (excludes halogenated alkanes) is 4. The number of rotatable bonds is 9. The summed E-state index contributed by atoms with van der Waals surface area (Å²) in [6.45, 7) is 6.19. The average Bonchev–Trinajstić information content (AvgIpc) is 2.17. The number of carboxylic acids is 1. The third-order valence-corrected chi connectivity index (χ3v) is 2.98. The van der Waals surface area contributed by atoms with E-state index < -0.39 is 5.97 Å². The second-order valence-electron chi connectivity index (χ2n) is 4.78. The predicted molar refractivity (Wildman–Crippen MR) is 64.0 cm³/mol. The summed E-state index contributed by atoms with van der Waals surface area (Å²) in [4.78, 5) is 10.6. The number of carboxylic acid groups (broad SMARTS) is 1. The molecule has 0 aliphatic rings. The van der Waals surface area contributed by atoms with Crippen LogP contribution in [0.25, 0.3) is 0 Å². The van der Waals surface area contributed by atoms with Gasteiger partial charge in [0.05, 0.1) is 5.92 Å². The lowest BCUT2D eigenvalue weighted by molar-refractivity contribution is -0.141. The lowest BCUT2D eigenvalue weighted by Crippen LogP contribution is -2.13. The maximum atomic E-state index is 10.6. The van der Waals surface area contributed by atoms with Gasteiger partial charge < -0.3 is 5.11 Å². The minimum atomic E-state index is -0.659. The Kier molecular flexibility index (Phi) is 8.44. The van der Waals surface area contributed by atoms with E-state index in [1.807, 2.05) is 0 Å². The van der Waals surface area contributed by atoms with Crippen LogP contribution in [0.5, 0.6) is 0 Å². The van der Waals surface area contributed by atoms with Crippen LogP contribution >= 0.6 is 0 Å². The molecule has 0 spiro atoms. The van der Waals surface area contributed by atoms with Crippen molar-refractivity contribution in [2.45, 2.75) is 65.7 Å². The Morgan fingerprint density at radius 1 is 1.13 bits per heavy atom. The van der Waals surface area contributed by atoms with Crippen molar-refractivity contribution in [2.75, 3.05) is 0 Å². The van der Waals surface area contributed by atoms with Crippen LogP contribution in [0, 0.1) is 11.8 Å². The highest BCUT2D eigenvalue weighted by atomic mass is 16.4. The fourth-order valence-electron chi connectivity index (χ4n) is 1.92. The van der Waals surface area contributed by atoms with E-state index in [1.165, 1.54) is 38.5 Å². The molecule has 0 saturated carbocycles. The molecule has 2 unspecified atom stereocenters. The van der Waals surface area contributed by atoms with Gasteiger partial charge in [-0.05, 0) is 12.3 Å². The molecule has 0 aromatic rings. The first-order valence-corrected chi connectivity index (χ1v) is 6.30. The van der Waals surface area contributed by atoms with E-state index >= 15 is 0 Å². The van der Waals surface area contributed by atoms with Crippen molar-refractivity contribution in [3.05, 3.63) is 0 Å². The van der Waals surface area contributed by atoms with Crippen molar-refractivity contribution in [1.82, 2.24) is 0 Å². The van der Waals surface area contributed by atoms with Crippen molar-refractivity contribution < 1.29 is 9.90 Å². The number of hydrogen-bond acceptors (Lipinski definition) is 1. The predicted octanol–water partition coefficient (Wildman–Crippen LogP) is 4.09. The third kappa shape index (κ3) is 8.46. The molecule has 0 rings (SSSR count). The molecular weight excluding hydrogens is 188 g/mol. The highest BCUT2D eigenvalue weighted by molar-refractivity contribution is 5.69. The molecule has 0 bridgehead atoms. The van der Waals surface area contributed by atoms with E-state index in [9.17, 15) is 4.79 Å². The molecule has 1 N–H and O–H groups in total. The summed E-state index contributed by atoms with van der Waals surface area (Å²) in [7, 11) is 0. The second kappa shape index (κ2) is 8.75. The maximum Gasteiger partial charge on any atom is 0.306 e. The Morgan fingerprint density at radius 3 is 2.27 bits per heavy atom. The van der Waals surface area contributed by atoms with Crippen LogP contribution in [-0.4, -0.2) is 11.1 Å². The zero-order chi connectivity index (χ0) is 11.7. The molecule has 0 saturated heterocycles. The Morgan fingerprint density at radius 2 is 1.73 bits per heavy atom. The molecule has 90 valence electrons. The van der Waals surface area contributed by atoms with Crippen molar-refractivity contribution in [1.29, 1.82) is 0 Å². The number of carbonyl (C=O) groups is 1. The number of hydrogen-bond donors (Lipinski definition) is 1. The topological polar surface area (TPSA) is 37.3 Å². The van der Waals surface area contributed by atoms with Crippen LogP contribution in [0.2, 0.25) is 0 Å². The molecule has 2 atom stereocenters. The fraction of sp³-hybridized carbons (Fsp3) is 0.923. The summed E-state index contributed by atoms with van der Waals surface area (Å²) in [5.41, 5.74) is 0. The highest BCUT2D eigenvalue weighted by Crippen LogP contribution is 2.18. The van der Waals surface area contributed by atoms with Gasteiger partial charge in [0.2, 0.25) is 0 Å². The molecule has 0 fully saturated rings. The van der Waals surface area contributed by atoms with Crippen molar-refractivity contribution in [2.24, 2.45) is 11.8 Å². The van der Waals surface area contributed by atoms with E-state index in [-0.39, 0.29) is 5.92 Å². The van der Waals surface area contributed by atoms with E-state index in [2.05, 4.69) is 13.8 Å². The van der Waals surface area contributed by atoms with Gasteiger partial charge in [-0.3, -0.25) is 4.79 Å². The van der Waals surface area contributed by atoms with Gasteiger partial charge in [0.25, 0.3) is 0 Å². The van der Waals surface area contributed by atoms with E-state index in [0.29, 0.717) is 5.92 Å². The Hall–Kier alpha value is -0.530. The normalized spacial score (nSPS) is 14.9. The minimum absolute atomic E-state index is 0.185. The zero-order valence-corrected chi connectivity index (χ0v) is 10.5. The van der Waals surface area contributed by atoms with Crippen LogP contribution in [-0.2, 0) is 4.79 Å². The van der Waals surface area contributed by atoms with Crippen LogP contribution in [0.4, 0.5) is 0 Å². The molecule has 0 aromatic carbocycles. The monoisotopic (exact) mass is 214 g/mol. The number of aliphatic carboxylic acids is 1. The van der Waals surface area contributed by atoms with Crippen molar-refractivity contribution in [3.63, 3.8) is 0 Å². The van der Waals surface area contributed by atoms with E-state index in [0.717, 1.165) is 6.42 Å². The quantitative estimate of drug-likeness (QED) is 0.587. The van der Waals surface area contributed by atoms with Gasteiger partial charge in [0.15, 0.2) is 0 Å². The standard InChI is InChI=1S/C13H26O2/c1-4-5-6-7-8-9-11(2)10-12(3)13(14)15/h11-12H,4-10H2,1-3H3,(H,14,15). The Labute approximate surface area is 94.1 Å². The molecule has 2 nitrogen and oxygen atoms in total. The lowest BCUT2D eigenvalue weighted by Gasteiger charge is -2.13. The first-order chi connectivity index (χ1) is 7.07. The molecule has 2 heteroatoms. The Balaban J connectivity index is 3.40. The SMILES string of the molecule is CCCCCCCC(C)CC(C)C(=O)O. The summed E-state index contributed by atoms with van der Waals surface area (Å²) in [5, 5.41) is 8.77. The van der Waals surface area contributed by atoms with Crippen molar-refractivity contribution >= 4 is 5.97 Å². The maximum absolute atomic E-state index is 10.6. The van der Waals surface area contributed by atoms with Gasteiger partial charge in [-0.2, -0.15) is 0 Å². The summed E-state index contributed by atoms with van der Waals surface area (Å²) >= 11 is 0. The van der Waals surface area contributed by atoms with Gasteiger partial charge >= 0.3 is 5.97 Å². The molecule has 15 heavy (non-hydrogen) atoms. The molecule has 0 aliphatic heterocycles. The molecule has 0 radical (unpaired) electrons. The third-order valence-electron chi connectivity index (χ3n) is 2.98. The fourth-order valence-corrected chi connectivity index (χ4v) is 1.92. The van der Waals surface area contributed by atoms with Crippen molar-refractivity contribution in [3.8, 4) is 0 Å². The summed E-state index contributed by atoms with van der Waals surface area (Å²) in [6.07, 6.45) is 8.51. The van der Waals surface area contributed by atoms with E-state index in [4.69, 9.17) is 5.11 Å². The van der Waals surface area contributed by atoms with Crippen LogP contribution in [0.1, 0.15) is 65.7 Å². The summed E-state index contributed by atoms with van der Waals surface area (Å²) in [5.74, 6) is -0.291. The van der Waals surface area contributed by atoms with Crippen LogP contribution in [0.15, 0.2) is 0 Å². The first kappa shape index (κ1) is 14.5. The first-order valence-electron chi connectivity index (χ1n) is 6.30. The highest BCUT2D eigenvalue weighted by Gasteiger charge is 2.14. The van der Waals surface area contributed by atoms with E-state index in [1.54, 1.807) is 6.92 Å². The molecule has 0 aliphatic carbocycles. The zero-order valence-electron chi connectivity index (χ0n) is 10.5. The van der Waals surface area contributed by atoms with Gasteiger partial charge in [0.1, 0.15) is 0 Å². The molecule has 0 amide bonds. The second-order valence-corrected chi connectivity index (χ2v) is 4.78. The lowest BCUT2D eigenvalue weighted by atomic mass is 9.92. The van der Waals surface area contributed by atoms with Gasteiger partial charge in [-0.1, -0.05) is 59.3 Å². The van der Waals surface area contributed by atoms with Gasteiger partial charge in [0, 0.05) is 0 Å². The molecule has 0 heterocycles. The van der Waals surface area contributed by atoms with Crippen LogP contribution in [0.3, 0.4) is 0 Å². The summed E-state index contributed by atoms with van der Waals surface area (Å²) < 4.78 is 0. The average molecular weight is 214 g/mol. The minimum Gasteiger partial charge on any atom is -0.481 e. The van der Waals surface area contributed by atoms with Gasteiger partial charge in [-0.15, -0.1) is 0 Å². The summed E-state index contributed by atoms with van der Waals surface area (Å²) in [6, 6.07) is 0. The largest absolute Gasteiger partial charge is 0.481 e. The smallest absolute Gasteiger partial charge is 0.306 e. The molecule has 0 aromatic heterocycles. The van der Waals surface area contributed by atoms with Crippen LogP contribution < -0.4 is 0 Å².